The molecule has 2 atom stereocenters. The smallest absolute Gasteiger partial charge is 0.306 e. The highest BCUT2D eigenvalue weighted by Crippen LogP contribution is 2.18. The third-order valence-corrected chi connectivity index (χ3v) is 17.0. The van der Waals surface area contributed by atoms with Crippen molar-refractivity contribution in [2.45, 2.75) is 360 Å². The number of hydrogen-bond acceptors (Lipinski definition) is 8. The number of carboxylic acids is 1. The lowest BCUT2D eigenvalue weighted by Crippen LogP contribution is -2.44. The van der Waals surface area contributed by atoms with Crippen molar-refractivity contribution in [2.75, 3.05) is 47.5 Å². The van der Waals surface area contributed by atoms with Gasteiger partial charge in [-0.1, -0.05) is 342 Å². The summed E-state index contributed by atoms with van der Waals surface area (Å²) in [6.07, 6.45) is 101. The van der Waals surface area contributed by atoms with Crippen LogP contribution in [0.5, 0.6) is 0 Å². The molecule has 0 fully saturated rings. The summed E-state index contributed by atoms with van der Waals surface area (Å²) < 4.78 is 22.9. The van der Waals surface area contributed by atoms with Gasteiger partial charge in [-0.25, -0.2) is 0 Å². The van der Waals surface area contributed by atoms with E-state index in [0.29, 0.717) is 23.9 Å². The zero-order valence-corrected chi connectivity index (χ0v) is 61.4. The topological polar surface area (TPSA) is 111 Å². The molecular weight excluding hydrogens is 1150 g/mol. The van der Waals surface area contributed by atoms with Crippen LogP contribution in [0.2, 0.25) is 0 Å². The number of ether oxygens (including phenoxy) is 4. The molecule has 0 aliphatic rings. The lowest BCUT2D eigenvalue weighted by atomic mass is 10.0. The molecule has 0 saturated heterocycles. The zero-order valence-electron chi connectivity index (χ0n) is 61.4. The highest BCUT2D eigenvalue weighted by Gasteiger charge is 2.22. The molecule has 0 aliphatic heterocycles. The number of unbranched alkanes of at least 4 members (excludes halogenated alkanes) is 39. The molecule has 0 spiro atoms. The van der Waals surface area contributed by atoms with Gasteiger partial charge in [0.05, 0.1) is 40.3 Å². The van der Waals surface area contributed by atoms with Gasteiger partial charge in [0, 0.05) is 12.8 Å². The molecule has 9 nitrogen and oxygen atoms in total. The molecule has 0 radical (unpaired) electrons. The maximum absolute atomic E-state index is 13.0. The van der Waals surface area contributed by atoms with Gasteiger partial charge in [0.2, 0.25) is 0 Å². The SMILES string of the molecule is CC/C=C\C/C=C\C/C=C\C/C=C\C/C=C\C/C=C\C/C=C\CCCCCCCCCCCCCCCCCC(=O)OC(COC(=O)CCCCCCCCCCCCCCCCCCCCC/C=C\C/C=C\CCCCCCC)COC(OCC[N+](C)(C)C)C(=O)[O-]. The van der Waals surface area contributed by atoms with E-state index in [0.717, 1.165) is 89.9 Å². The van der Waals surface area contributed by atoms with Crippen molar-refractivity contribution >= 4 is 17.9 Å². The van der Waals surface area contributed by atoms with E-state index in [9.17, 15) is 19.5 Å². The molecule has 0 rings (SSSR count). The first-order chi connectivity index (χ1) is 45.6. The predicted octanol–water partition coefficient (Wildman–Crippen LogP) is 23.6. The molecule has 2 unspecified atom stereocenters. The fraction of sp³-hybridized carbons (Fsp3) is 0.750. The number of likely N-dealkylation sites (N-methyl/N-ethyl adjacent to an activating group) is 1. The van der Waals surface area contributed by atoms with E-state index in [1.54, 1.807) is 0 Å². The van der Waals surface area contributed by atoms with E-state index in [1.807, 2.05) is 21.1 Å². The van der Waals surface area contributed by atoms with Crippen LogP contribution in [-0.2, 0) is 33.3 Å². The number of quaternary nitrogens is 1. The van der Waals surface area contributed by atoms with E-state index in [1.165, 1.54) is 225 Å². The molecule has 93 heavy (non-hydrogen) atoms. The number of esters is 2. The van der Waals surface area contributed by atoms with Gasteiger partial charge in [-0.3, -0.25) is 9.59 Å². The Kier molecular flexibility index (Phi) is 70.5. The van der Waals surface area contributed by atoms with Gasteiger partial charge < -0.3 is 33.3 Å². The molecule has 0 N–H and O–H groups in total. The van der Waals surface area contributed by atoms with Gasteiger partial charge in [0.25, 0.3) is 0 Å². The highest BCUT2D eigenvalue weighted by atomic mass is 16.7. The fourth-order valence-corrected chi connectivity index (χ4v) is 11.1. The second-order valence-corrected chi connectivity index (χ2v) is 27.3. The highest BCUT2D eigenvalue weighted by molar-refractivity contribution is 5.70. The van der Waals surface area contributed by atoms with Crippen molar-refractivity contribution in [3.8, 4) is 0 Å². The standard InChI is InChI=1S/C84H147NO8/c1-6-8-10-12-14-16-18-20-22-24-26-28-30-32-34-36-38-39-40-41-42-43-45-47-49-51-53-55-57-59-61-63-65-67-69-71-73-75-82(87)93-80(79-92-84(83(88)89)90-77-76-85(3,4)5)78-91-81(86)74-72-70-68-66-64-62-60-58-56-54-52-50-48-46-44-37-35-33-31-29-27-25-23-21-19-17-15-13-11-9-7-2/h8,10,14,16,19-22,25-28,32,34,38-39,41-42,80,84H,6-7,9,11-13,15,17-18,23-24,29-31,33,35-37,40,43-79H2,1-5H3/b10-8-,16-14-,21-19-,22-20-,27-25-,28-26-,34-32-,39-38-,42-41-. The summed E-state index contributed by atoms with van der Waals surface area (Å²) in [5.41, 5.74) is 0. The van der Waals surface area contributed by atoms with Crippen molar-refractivity contribution in [1.29, 1.82) is 0 Å². The minimum absolute atomic E-state index is 0.146. The number of carbonyl (C=O) groups is 3. The van der Waals surface area contributed by atoms with Crippen LogP contribution in [0.4, 0.5) is 0 Å². The molecule has 0 saturated carbocycles. The summed E-state index contributed by atoms with van der Waals surface area (Å²) >= 11 is 0. The van der Waals surface area contributed by atoms with Gasteiger partial charge in [-0.2, -0.15) is 0 Å². The normalized spacial score (nSPS) is 13.3. The van der Waals surface area contributed by atoms with E-state index in [2.05, 4.69) is 123 Å². The average molecular weight is 1300 g/mol. The van der Waals surface area contributed by atoms with E-state index in [4.69, 9.17) is 18.9 Å². The van der Waals surface area contributed by atoms with Crippen LogP contribution in [0, 0.1) is 0 Å². The molecule has 0 aromatic rings. The Balaban J connectivity index is 4.05. The van der Waals surface area contributed by atoms with E-state index >= 15 is 0 Å². The third-order valence-electron chi connectivity index (χ3n) is 17.0. The van der Waals surface area contributed by atoms with Crippen LogP contribution in [0.3, 0.4) is 0 Å². The Hall–Kier alpha value is -4.05. The fourth-order valence-electron chi connectivity index (χ4n) is 11.1. The number of nitrogens with zero attached hydrogens (tertiary/aromatic N) is 1. The minimum Gasteiger partial charge on any atom is -0.545 e. The molecular formula is C84H147NO8. The number of allylic oxidation sites excluding steroid dienone is 18. The monoisotopic (exact) mass is 1300 g/mol. The first-order valence-corrected chi connectivity index (χ1v) is 39.0. The Bertz CT molecular complexity index is 1900. The van der Waals surface area contributed by atoms with Crippen LogP contribution < -0.4 is 5.11 Å². The number of aliphatic carboxylic acids is 1. The minimum atomic E-state index is -1.63. The predicted molar refractivity (Wildman–Crippen MR) is 398 cm³/mol. The Morgan fingerprint density at radius 2 is 0.613 bits per heavy atom. The summed E-state index contributed by atoms with van der Waals surface area (Å²) in [6, 6.07) is 0. The molecule has 536 valence electrons. The van der Waals surface area contributed by atoms with Crippen LogP contribution in [-0.4, -0.2) is 82.3 Å². The molecule has 0 heterocycles. The van der Waals surface area contributed by atoms with Crippen molar-refractivity contribution in [3.05, 3.63) is 109 Å². The summed E-state index contributed by atoms with van der Waals surface area (Å²) in [6.45, 7) is 4.66. The van der Waals surface area contributed by atoms with E-state index < -0.39 is 24.3 Å². The summed E-state index contributed by atoms with van der Waals surface area (Å²) in [4.78, 5) is 37.6. The van der Waals surface area contributed by atoms with Crippen molar-refractivity contribution in [2.24, 2.45) is 0 Å². The average Bonchev–Trinajstić information content (AvgIpc) is 3.73. The lowest BCUT2D eigenvalue weighted by Gasteiger charge is -2.26. The zero-order chi connectivity index (χ0) is 67.5. The lowest BCUT2D eigenvalue weighted by molar-refractivity contribution is -0.870. The third kappa shape index (κ3) is 75.2. The second-order valence-electron chi connectivity index (χ2n) is 27.3. The number of carboxylic acid groups (broad SMARTS) is 1. The second kappa shape index (κ2) is 73.8. The number of rotatable bonds is 72. The van der Waals surface area contributed by atoms with Crippen LogP contribution in [0.25, 0.3) is 0 Å². The molecule has 0 aromatic heterocycles. The number of hydrogen-bond donors (Lipinski definition) is 0. The maximum atomic E-state index is 13.0. The summed E-state index contributed by atoms with van der Waals surface area (Å²) in [5, 5.41) is 11.9. The van der Waals surface area contributed by atoms with Crippen LogP contribution in [0.1, 0.15) is 348 Å². The maximum Gasteiger partial charge on any atom is 0.306 e. The molecule has 9 heteroatoms. The Labute approximate surface area is 575 Å². The largest absolute Gasteiger partial charge is 0.545 e. The molecule has 0 aromatic carbocycles. The first-order valence-electron chi connectivity index (χ1n) is 39.0. The van der Waals surface area contributed by atoms with Crippen molar-refractivity contribution < 1.29 is 42.9 Å². The summed E-state index contributed by atoms with van der Waals surface area (Å²) in [7, 11) is 5.94. The van der Waals surface area contributed by atoms with E-state index in [-0.39, 0.29) is 32.2 Å². The molecule has 0 amide bonds. The quantitative estimate of drug-likeness (QED) is 0.0195. The number of carbonyl (C=O) groups excluding carboxylic acids is 3. The van der Waals surface area contributed by atoms with Crippen molar-refractivity contribution in [3.63, 3.8) is 0 Å². The summed E-state index contributed by atoms with van der Waals surface area (Å²) in [5.74, 6) is -2.27. The van der Waals surface area contributed by atoms with Crippen LogP contribution >= 0.6 is 0 Å². The van der Waals surface area contributed by atoms with Crippen LogP contribution in [0.15, 0.2) is 109 Å². The molecule has 0 bridgehead atoms. The van der Waals surface area contributed by atoms with Gasteiger partial charge >= 0.3 is 11.9 Å². The van der Waals surface area contributed by atoms with Gasteiger partial charge in [0.1, 0.15) is 13.2 Å². The van der Waals surface area contributed by atoms with Gasteiger partial charge in [0.15, 0.2) is 12.4 Å². The van der Waals surface area contributed by atoms with Crippen molar-refractivity contribution in [1.82, 2.24) is 0 Å². The van der Waals surface area contributed by atoms with Gasteiger partial charge in [-0.05, 0) is 103 Å². The van der Waals surface area contributed by atoms with Gasteiger partial charge in [-0.15, -0.1) is 0 Å². The first kappa shape index (κ1) is 89.0. The Morgan fingerprint density at radius 1 is 0.333 bits per heavy atom. The Morgan fingerprint density at radius 3 is 0.914 bits per heavy atom. The molecule has 0 aliphatic carbocycles.